The number of carbonyl (C=O) groups is 1. The molecular formula is C17H17BrN2O. The Balaban J connectivity index is 1.72. The van der Waals surface area contributed by atoms with Crippen molar-refractivity contribution in [2.45, 2.75) is 25.3 Å². The molecule has 0 heterocycles. The average Bonchev–Trinajstić information content (AvgIpc) is 2.83. The largest absolute Gasteiger partial charge is 0.378 e. The molecule has 1 unspecified atom stereocenters. The summed E-state index contributed by atoms with van der Waals surface area (Å²) in [5.74, 6) is -0.300. The van der Waals surface area contributed by atoms with Gasteiger partial charge in [-0.15, -0.1) is 0 Å². The molecule has 0 fully saturated rings. The lowest BCUT2D eigenvalue weighted by Gasteiger charge is -2.16. The van der Waals surface area contributed by atoms with Gasteiger partial charge in [-0.1, -0.05) is 34.1 Å². The third kappa shape index (κ3) is 3.27. The molecule has 1 amide bonds. The molecule has 1 atom stereocenters. The molecule has 3 N–H and O–H groups in total. The molecular weight excluding hydrogens is 328 g/mol. The molecule has 21 heavy (non-hydrogen) atoms. The Kier molecular flexibility index (Phi) is 3.97. The van der Waals surface area contributed by atoms with Gasteiger partial charge in [0.25, 0.3) is 0 Å². The number of anilines is 1. The number of halogens is 1. The molecule has 1 aliphatic carbocycles. The number of aryl methyl sites for hydroxylation is 1. The van der Waals surface area contributed by atoms with Gasteiger partial charge in [0.05, 0.1) is 12.5 Å². The predicted molar refractivity (Wildman–Crippen MR) is 88.2 cm³/mol. The maximum absolute atomic E-state index is 10.9. The van der Waals surface area contributed by atoms with Crippen LogP contribution in [0.3, 0.4) is 0 Å². The number of nitrogens with one attached hydrogen (secondary N) is 1. The molecule has 3 rings (SSSR count). The van der Waals surface area contributed by atoms with E-state index < -0.39 is 0 Å². The van der Waals surface area contributed by atoms with Crippen LogP contribution in [-0.2, 0) is 17.6 Å². The summed E-state index contributed by atoms with van der Waals surface area (Å²) in [6.07, 6.45) is 2.50. The van der Waals surface area contributed by atoms with E-state index in [2.05, 4.69) is 39.4 Å². The van der Waals surface area contributed by atoms with Crippen LogP contribution in [0, 0.1) is 0 Å². The quantitative estimate of drug-likeness (QED) is 0.890. The first-order valence-electron chi connectivity index (χ1n) is 7.04. The molecule has 1 aliphatic rings. The van der Waals surface area contributed by atoms with Crippen molar-refractivity contribution < 1.29 is 4.79 Å². The molecule has 2 aromatic rings. The number of rotatable bonds is 4. The topological polar surface area (TPSA) is 55.1 Å². The van der Waals surface area contributed by atoms with E-state index in [-0.39, 0.29) is 5.91 Å². The Morgan fingerprint density at radius 3 is 2.71 bits per heavy atom. The van der Waals surface area contributed by atoms with Crippen LogP contribution in [0.25, 0.3) is 0 Å². The number of amides is 1. The molecule has 0 aliphatic heterocycles. The summed E-state index contributed by atoms with van der Waals surface area (Å²) < 4.78 is 1.14. The lowest BCUT2D eigenvalue weighted by molar-refractivity contribution is -0.117. The van der Waals surface area contributed by atoms with Crippen molar-refractivity contribution >= 4 is 27.5 Å². The van der Waals surface area contributed by atoms with Crippen molar-refractivity contribution in [2.75, 3.05) is 5.32 Å². The zero-order valence-electron chi connectivity index (χ0n) is 11.6. The second-order valence-electron chi connectivity index (χ2n) is 5.42. The highest BCUT2D eigenvalue weighted by atomic mass is 79.9. The molecule has 0 aromatic heterocycles. The van der Waals surface area contributed by atoms with Gasteiger partial charge < -0.3 is 11.1 Å². The molecule has 0 saturated heterocycles. The van der Waals surface area contributed by atoms with Crippen molar-refractivity contribution in [3.05, 3.63) is 63.6 Å². The van der Waals surface area contributed by atoms with Crippen LogP contribution in [0.5, 0.6) is 0 Å². The van der Waals surface area contributed by atoms with Crippen molar-refractivity contribution in [1.29, 1.82) is 0 Å². The fraction of sp³-hybridized carbons (Fsp3) is 0.235. The number of fused-ring (bicyclic) bond motifs is 1. The molecule has 0 radical (unpaired) electrons. The normalized spacial score (nSPS) is 16.5. The van der Waals surface area contributed by atoms with Crippen LogP contribution in [0.15, 0.2) is 46.9 Å². The second kappa shape index (κ2) is 5.90. The van der Waals surface area contributed by atoms with Gasteiger partial charge in [-0.3, -0.25) is 4.79 Å². The number of benzene rings is 2. The van der Waals surface area contributed by atoms with Gasteiger partial charge >= 0.3 is 0 Å². The van der Waals surface area contributed by atoms with Crippen LogP contribution < -0.4 is 11.1 Å². The van der Waals surface area contributed by atoms with Crippen molar-refractivity contribution in [1.82, 2.24) is 0 Å². The molecule has 0 bridgehead atoms. The standard InChI is InChI=1S/C17H17BrN2O/c18-13-4-7-15-12(10-13)3-8-16(15)20-14-5-1-11(2-6-14)9-17(19)21/h1-2,4-7,10,16,20H,3,8-9H2,(H2,19,21). The van der Waals surface area contributed by atoms with Crippen LogP contribution in [0.2, 0.25) is 0 Å². The van der Waals surface area contributed by atoms with E-state index in [1.165, 1.54) is 11.1 Å². The van der Waals surface area contributed by atoms with Gasteiger partial charge in [0.15, 0.2) is 0 Å². The van der Waals surface area contributed by atoms with Gasteiger partial charge in [0.2, 0.25) is 5.91 Å². The summed E-state index contributed by atoms with van der Waals surface area (Å²) in [4.78, 5) is 10.9. The first-order chi connectivity index (χ1) is 10.1. The first-order valence-corrected chi connectivity index (χ1v) is 7.83. The van der Waals surface area contributed by atoms with Crippen molar-refractivity contribution in [3.8, 4) is 0 Å². The Bertz CT molecular complexity index is 667. The number of carbonyl (C=O) groups excluding carboxylic acids is 1. The smallest absolute Gasteiger partial charge is 0.221 e. The van der Waals surface area contributed by atoms with E-state index in [0.29, 0.717) is 12.5 Å². The van der Waals surface area contributed by atoms with Gasteiger partial charge in [0.1, 0.15) is 0 Å². The maximum atomic E-state index is 10.9. The molecule has 3 nitrogen and oxygen atoms in total. The zero-order chi connectivity index (χ0) is 14.8. The van der Waals surface area contributed by atoms with Crippen LogP contribution in [-0.4, -0.2) is 5.91 Å². The average molecular weight is 345 g/mol. The summed E-state index contributed by atoms with van der Waals surface area (Å²) in [5, 5.41) is 3.57. The number of nitrogens with two attached hydrogens (primary N) is 1. The fourth-order valence-corrected chi connectivity index (χ4v) is 3.27. The van der Waals surface area contributed by atoms with Crippen molar-refractivity contribution in [2.24, 2.45) is 5.73 Å². The van der Waals surface area contributed by atoms with Crippen LogP contribution in [0.4, 0.5) is 5.69 Å². The minimum absolute atomic E-state index is 0.292. The summed E-state index contributed by atoms with van der Waals surface area (Å²) >= 11 is 3.52. The summed E-state index contributed by atoms with van der Waals surface area (Å²) in [7, 11) is 0. The Labute approximate surface area is 132 Å². The third-order valence-electron chi connectivity index (χ3n) is 3.86. The monoisotopic (exact) mass is 344 g/mol. The van der Waals surface area contributed by atoms with Gasteiger partial charge in [-0.2, -0.15) is 0 Å². The first kappa shape index (κ1) is 14.1. The highest BCUT2D eigenvalue weighted by Gasteiger charge is 2.22. The van der Waals surface area contributed by atoms with E-state index >= 15 is 0 Å². The lowest BCUT2D eigenvalue weighted by atomic mass is 10.1. The number of primary amides is 1. The highest BCUT2D eigenvalue weighted by molar-refractivity contribution is 9.10. The van der Waals surface area contributed by atoms with E-state index in [1.807, 2.05) is 24.3 Å². The van der Waals surface area contributed by atoms with Crippen molar-refractivity contribution in [3.63, 3.8) is 0 Å². The second-order valence-corrected chi connectivity index (χ2v) is 6.33. The van der Waals surface area contributed by atoms with Crippen LogP contribution in [0.1, 0.15) is 29.2 Å². The van der Waals surface area contributed by atoms with Crippen LogP contribution >= 0.6 is 15.9 Å². The van der Waals surface area contributed by atoms with E-state index in [9.17, 15) is 4.79 Å². The Hall–Kier alpha value is -1.81. The predicted octanol–water partition coefficient (Wildman–Crippen LogP) is 3.58. The summed E-state index contributed by atoms with van der Waals surface area (Å²) in [5.41, 5.74) is 10.0. The number of hydrogen-bond donors (Lipinski definition) is 2. The molecule has 2 aromatic carbocycles. The minimum Gasteiger partial charge on any atom is -0.378 e. The molecule has 4 heteroatoms. The van der Waals surface area contributed by atoms with E-state index in [0.717, 1.165) is 28.6 Å². The van der Waals surface area contributed by atoms with E-state index in [4.69, 9.17) is 5.73 Å². The third-order valence-corrected chi connectivity index (χ3v) is 4.35. The Morgan fingerprint density at radius 2 is 2.00 bits per heavy atom. The Morgan fingerprint density at radius 1 is 1.24 bits per heavy atom. The summed E-state index contributed by atoms with van der Waals surface area (Å²) in [6.45, 7) is 0. The maximum Gasteiger partial charge on any atom is 0.221 e. The molecule has 0 saturated carbocycles. The molecule has 108 valence electrons. The lowest BCUT2D eigenvalue weighted by Crippen LogP contribution is -2.13. The minimum atomic E-state index is -0.300. The zero-order valence-corrected chi connectivity index (χ0v) is 13.2. The molecule has 0 spiro atoms. The van der Waals surface area contributed by atoms with Gasteiger partial charge in [-0.25, -0.2) is 0 Å². The van der Waals surface area contributed by atoms with E-state index in [1.54, 1.807) is 0 Å². The highest BCUT2D eigenvalue weighted by Crippen LogP contribution is 2.35. The SMILES string of the molecule is NC(=O)Cc1ccc(NC2CCc3cc(Br)ccc32)cc1. The number of hydrogen-bond acceptors (Lipinski definition) is 2. The fourth-order valence-electron chi connectivity index (χ4n) is 2.86. The summed E-state index contributed by atoms with van der Waals surface area (Å²) in [6, 6.07) is 14.8. The van der Waals surface area contributed by atoms with Gasteiger partial charge in [-0.05, 0) is 53.8 Å². The van der Waals surface area contributed by atoms with Gasteiger partial charge in [0, 0.05) is 10.2 Å².